The molecule has 4 nitrogen and oxygen atoms in total. The summed E-state index contributed by atoms with van der Waals surface area (Å²) in [6, 6.07) is 0.238. The number of hydrogen-bond acceptors (Lipinski definition) is 4. The van der Waals surface area contributed by atoms with Gasteiger partial charge < -0.3 is 10.3 Å². The summed E-state index contributed by atoms with van der Waals surface area (Å²) in [5, 5.41) is 4.40. The molecular weight excluding hydrogens is 208 g/mol. The van der Waals surface area contributed by atoms with Crippen LogP contribution in [-0.4, -0.2) is 15.0 Å². The van der Waals surface area contributed by atoms with E-state index in [1.54, 1.807) is 23.7 Å². The highest BCUT2D eigenvalue weighted by Crippen LogP contribution is 2.26. The molecule has 0 spiro atoms. The summed E-state index contributed by atoms with van der Waals surface area (Å²) in [7, 11) is 0. The number of aromatic amines is 1. The van der Waals surface area contributed by atoms with Gasteiger partial charge in [-0.05, 0) is 20.8 Å². The second-order valence-corrected chi connectivity index (χ2v) is 4.72. The lowest BCUT2D eigenvalue weighted by molar-refractivity contribution is 0.873. The third-order valence-electron chi connectivity index (χ3n) is 2.18. The number of thiazole rings is 1. The van der Waals surface area contributed by atoms with Crippen LogP contribution in [0.25, 0.3) is 0 Å². The first-order valence-corrected chi connectivity index (χ1v) is 5.68. The van der Waals surface area contributed by atoms with Gasteiger partial charge in [0.2, 0.25) is 5.95 Å². The third kappa shape index (κ3) is 2.18. The number of hydrogen-bond donors (Lipinski definition) is 2. The van der Waals surface area contributed by atoms with Crippen molar-refractivity contribution >= 4 is 17.3 Å². The van der Waals surface area contributed by atoms with Crippen LogP contribution >= 0.6 is 11.3 Å². The molecule has 5 heteroatoms. The number of rotatable bonds is 3. The zero-order valence-corrected chi connectivity index (χ0v) is 9.85. The molecule has 2 rings (SSSR count). The quantitative estimate of drug-likeness (QED) is 0.839. The lowest BCUT2D eigenvalue weighted by Crippen LogP contribution is -2.07. The molecule has 80 valence electrons. The average Bonchev–Trinajstić information content (AvgIpc) is 2.75. The molecule has 1 unspecified atom stereocenters. The monoisotopic (exact) mass is 222 g/mol. The van der Waals surface area contributed by atoms with E-state index in [0.29, 0.717) is 0 Å². The highest BCUT2D eigenvalue weighted by Gasteiger charge is 2.13. The average molecular weight is 222 g/mol. The highest BCUT2D eigenvalue weighted by molar-refractivity contribution is 7.11. The summed E-state index contributed by atoms with van der Waals surface area (Å²) in [5.74, 6) is 0.799. The van der Waals surface area contributed by atoms with Gasteiger partial charge in [-0.1, -0.05) is 0 Å². The minimum absolute atomic E-state index is 0.238. The molecule has 0 bridgehead atoms. The van der Waals surface area contributed by atoms with E-state index in [2.05, 4.69) is 27.2 Å². The van der Waals surface area contributed by atoms with Crippen molar-refractivity contribution < 1.29 is 0 Å². The van der Waals surface area contributed by atoms with Crippen molar-refractivity contribution in [3.05, 3.63) is 28.0 Å². The fraction of sp³-hybridized carbons (Fsp3) is 0.400. The zero-order valence-electron chi connectivity index (χ0n) is 9.03. The van der Waals surface area contributed by atoms with Gasteiger partial charge in [-0.2, -0.15) is 0 Å². The minimum Gasteiger partial charge on any atom is -0.348 e. The summed E-state index contributed by atoms with van der Waals surface area (Å²) in [6.07, 6.45) is 3.54. The summed E-state index contributed by atoms with van der Waals surface area (Å²) in [4.78, 5) is 12.8. The van der Waals surface area contributed by atoms with E-state index in [1.807, 2.05) is 13.8 Å². The number of imidazole rings is 1. The molecule has 0 saturated heterocycles. The Morgan fingerprint density at radius 3 is 2.80 bits per heavy atom. The van der Waals surface area contributed by atoms with Crippen LogP contribution in [0.3, 0.4) is 0 Å². The van der Waals surface area contributed by atoms with Crippen LogP contribution in [0, 0.1) is 13.8 Å². The predicted octanol–water partition coefficient (Wildman–Crippen LogP) is 2.66. The van der Waals surface area contributed by atoms with Crippen LogP contribution in [0.5, 0.6) is 0 Å². The zero-order chi connectivity index (χ0) is 10.8. The van der Waals surface area contributed by atoms with E-state index in [4.69, 9.17) is 0 Å². The van der Waals surface area contributed by atoms with Crippen molar-refractivity contribution in [1.82, 2.24) is 15.0 Å². The minimum atomic E-state index is 0.238. The molecule has 15 heavy (non-hydrogen) atoms. The predicted molar refractivity (Wildman–Crippen MR) is 62.2 cm³/mol. The van der Waals surface area contributed by atoms with E-state index in [1.165, 1.54) is 4.88 Å². The van der Waals surface area contributed by atoms with E-state index in [0.717, 1.165) is 16.6 Å². The smallest absolute Gasteiger partial charge is 0.200 e. The second-order valence-electron chi connectivity index (χ2n) is 3.49. The van der Waals surface area contributed by atoms with Crippen LogP contribution in [0.4, 0.5) is 5.95 Å². The van der Waals surface area contributed by atoms with E-state index >= 15 is 0 Å². The molecule has 0 aliphatic rings. The molecule has 0 aliphatic heterocycles. The fourth-order valence-corrected chi connectivity index (χ4v) is 2.49. The van der Waals surface area contributed by atoms with Crippen molar-refractivity contribution in [2.45, 2.75) is 26.8 Å². The summed E-state index contributed by atoms with van der Waals surface area (Å²) < 4.78 is 0. The van der Waals surface area contributed by atoms with Crippen molar-refractivity contribution in [3.63, 3.8) is 0 Å². The van der Waals surface area contributed by atoms with Crippen LogP contribution in [0.2, 0.25) is 0 Å². The number of nitrogens with zero attached hydrogens (tertiary/aromatic N) is 2. The Morgan fingerprint density at radius 1 is 1.47 bits per heavy atom. The number of aromatic nitrogens is 3. The molecule has 0 aliphatic carbocycles. The van der Waals surface area contributed by atoms with Crippen molar-refractivity contribution in [2.75, 3.05) is 5.32 Å². The van der Waals surface area contributed by atoms with Crippen LogP contribution in [-0.2, 0) is 0 Å². The van der Waals surface area contributed by atoms with Gasteiger partial charge in [0, 0.05) is 17.3 Å². The van der Waals surface area contributed by atoms with E-state index in [9.17, 15) is 0 Å². The molecule has 0 fully saturated rings. The molecule has 2 aromatic rings. The van der Waals surface area contributed by atoms with Crippen molar-refractivity contribution in [3.8, 4) is 0 Å². The molecule has 0 amide bonds. The number of nitrogens with one attached hydrogen (secondary N) is 2. The first kappa shape index (κ1) is 10.2. The lowest BCUT2D eigenvalue weighted by atomic mass is 10.2. The Bertz CT molecular complexity index is 432. The molecular formula is C10H14N4S. The third-order valence-corrected chi connectivity index (χ3v) is 3.44. The Labute approximate surface area is 92.8 Å². The first-order valence-electron chi connectivity index (χ1n) is 4.86. The molecule has 2 aromatic heterocycles. The Balaban J connectivity index is 2.14. The van der Waals surface area contributed by atoms with E-state index < -0.39 is 0 Å². The number of anilines is 1. The maximum atomic E-state index is 4.41. The number of aryl methyl sites for hydroxylation is 2. The summed E-state index contributed by atoms with van der Waals surface area (Å²) >= 11 is 1.73. The first-order chi connectivity index (χ1) is 7.16. The molecule has 0 saturated carbocycles. The van der Waals surface area contributed by atoms with Gasteiger partial charge in [-0.15, -0.1) is 11.3 Å². The standard InChI is InChI=1S/C10H14N4S/c1-6-9(15-8(3)13-6)7(2)14-10-11-4-5-12-10/h4-5,7H,1-3H3,(H2,11,12,14). The second kappa shape index (κ2) is 4.02. The molecule has 1 atom stereocenters. The topological polar surface area (TPSA) is 53.6 Å². The van der Waals surface area contributed by atoms with Crippen molar-refractivity contribution in [1.29, 1.82) is 0 Å². The van der Waals surface area contributed by atoms with Gasteiger partial charge in [0.05, 0.1) is 16.7 Å². The van der Waals surface area contributed by atoms with Crippen molar-refractivity contribution in [2.24, 2.45) is 0 Å². The van der Waals surface area contributed by atoms with Crippen LogP contribution in [0.1, 0.15) is 28.5 Å². The van der Waals surface area contributed by atoms with Crippen LogP contribution in [0.15, 0.2) is 12.4 Å². The largest absolute Gasteiger partial charge is 0.348 e. The number of H-pyrrole nitrogens is 1. The SMILES string of the molecule is Cc1nc(C)c(C(C)Nc2ncc[nH]2)s1. The van der Waals surface area contributed by atoms with Gasteiger partial charge >= 0.3 is 0 Å². The molecule has 2 heterocycles. The highest BCUT2D eigenvalue weighted by atomic mass is 32.1. The van der Waals surface area contributed by atoms with Gasteiger partial charge in [-0.25, -0.2) is 9.97 Å². The van der Waals surface area contributed by atoms with Gasteiger partial charge in [0.15, 0.2) is 0 Å². The van der Waals surface area contributed by atoms with E-state index in [-0.39, 0.29) is 6.04 Å². The van der Waals surface area contributed by atoms with Crippen LogP contribution < -0.4 is 5.32 Å². The Hall–Kier alpha value is -1.36. The van der Waals surface area contributed by atoms with Gasteiger partial charge in [0.1, 0.15) is 0 Å². The fourth-order valence-electron chi connectivity index (χ4n) is 1.56. The normalized spacial score (nSPS) is 12.7. The summed E-state index contributed by atoms with van der Waals surface area (Å²) in [5.41, 5.74) is 1.10. The molecule has 2 N–H and O–H groups in total. The van der Waals surface area contributed by atoms with Gasteiger partial charge in [-0.3, -0.25) is 0 Å². The lowest BCUT2D eigenvalue weighted by Gasteiger charge is -2.11. The summed E-state index contributed by atoms with van der Waals surface area (Å²) in [6.45, 7) is 6.18. The maximum Gasteiger partial charge on any atom is 0.200 e. The molecule has 0 aromatic carbocycles. The Kier molecular flexibility index (Phi) is 2.73. The molecule has 0 radical (unpaired) electrons. The van der Waals surface area contributed by atoms with Gasteiger partial charge in [0.25, 0.3) is 0 Å². The maximum absolute atomic E-state index is 4.41. The Morgan fingerprint density at radius 2 is 2.27 bits per heavy atom.